The zero-order valence-corrected chi connectivity index (χ0v) is 16.5. The van der Waals surface area contributed by atoms with Gasteiger partial charge in [0.2, 0.25) is 5.91 Å². The summed E-state index contributed by atoms with van der Waals surface area (Å²) in [5.41, 5.74) is -0.00935. The fourth-order valence-corrected chi connectivity index (χ4v) is 4.44. The first-order chi connectivity index (χ1) is 12.9. The summed E-state index contributed by atoms with van der Waals surface area (Å²) in [6.07, 6.45) is 5.96. The molecule has 0 bridgehead atoms. The number of hydrogen-bond acceptors (Lipinski definition) is 5. The second-order valence-corrected chi connectivity index (χ2v) is 7.90. The number of ether oxygens (including phenoxy) is 1. The Labute approximate surface area is 161 Å². The Bertz CT molecular complexity index is 627. The number of nitrogens with one attached hydrogen (secondary N) is 1. The molecule has 0 aromatic carbocycles. The summed E-state index contributed by atoms with van der Waals surface area (Å²) in [6.45, 7) is 7.78. The molecule has 1 spiro atoms. The largest absolute Gasteiger partial charge is 0.450 e. The van der Waals surface area contributed by atoms with Gasteiger partial charge in [-0.3, -0.25) is 9.59 Å². The SMILES string of the molecule is CC(=O)N1CCC2(CC1)OC(=O)C(C)=C2C(=O)NCCN1CCCCCC1. The maximum atomic E-state index is 12.9. The van der Waals surface area contributed by atoms with Crippen molar-refractivity contribution < 1.29 is 19.1 Å². The molecule has 27 heavy (non-hydrogen) atoms. The Morgan fingerprint density at radius 2 is 1.70 bits per heavy atom. The third-order valence-electron chi connectivity index (χ3n) is 6.08. The normalized spacial score (nSPS) is 23.3. The first-order valence-electron chi connectivity index (χ1n) is 10.1. The number of piperidine rings is 1. The lowest BCUT2D eigenvalue weighted by Gasteiger charge is -2.39. The molecule has 3 rings (SSSR count). The summed E-state index contributed by atoms with van der Waals surface area (Å²) in [5.74, 6) is -0.605. The Hall–Kier alpha value is -1.89. The van der Waals surface area contributed by atoms with E-state index < -0.39 is 11.6 Å². The van der Waals surface area contributed by atoms with Crippen LogP contribution in [0.4, 0.5) is 0 Å². The van der Waals surface area contributed by atoms with Gasteiger partial charge in [0.15, 0.2) is 0 Å². The highest BCUT2D eigenvalue weighted by Crippen LogP contribution is 2.41. The molecule has 0 aromatic heterocycles. The van der Waals surface area contributed by atoms with Crippen molar-refractivity contribution in [3.05, 3.63) is 11.1 Å². The fraction of sp³-hybridized carbons (Fsp3) is 0.750. The van der Waals surface area contributed by atoms with Crippen LogP contribution in [0.2, 0.25) is 0 Å². The van der Waals surface area contributed by atoms with Gasteiger partial charge in [0.1, 0.15) is 5.60 Å². The maximum absolute atomic E-state index is 12.9. The van der Waals surface area contributed by atoms with Gasteiger partial charge in [-0.2, -0.15) is 0 Å². The van der Waals surface area contributed by atoms with E-state index in [1.54, 1.807) is 11.8 Å². The van der Waals surface area contributed by atoms with Crippen molar-refractivity contribution in [3.63, 3.8) is 0 Å². The second kappa shape index (κ2) is 8.42. The number of esters is 1. The van der Waals surface area contributed by atoms with Crippen LogP contribution in [0.15, 0.2) is 11.1 Å². The highest BCUT2D eigenvalue weighted by atomic mass is 16.6. The minimum absolute atomic E-state index is 0.0123. The Morgan fingerprint density at radius 3 is 2.30 bits per heavy atom. The third kappa shape index (κ3) is 4.34. The minimum Gasteiger partial charge on any atom is -0.450 e. The van der Waals surface area contributed by atoms with E-state index in [9.17, 15) is 14.4 Å². The van der Waals surface area contributed by atoms with E-state index in [4.69, 9.17) is 4.74 Å². The van der Waals surface area contributed by atoms with Crippen LogP contribution in [0.5, 0.6) is 0 Å². The lowest BCUT2D eigenvalue weighted by Crippen LogP contribution is -2.50. The molecule has 0 atom stereocenters. The molecule has 3 heterocycles. The molecule has 0 aromatic rings. The number of likely N-dealkylation sites (tertiary alicyclic amines) is 2. The van der Waals surface area contributed by atoms with Crippen molar-refractivity contribution in [3.8, 4) is 0 Å². The fourth-order valence-electron chi connectivity index (χ4n) is 4.44. The molecule has 3 aliphatic heterocycles. The van der Waals surface area contributed by atoms with Crippen LogP contribution in [0, 0.1) is 0 Å². The van der Waals surface area contributed by atoms with Crippen LogP contribution in [0.25, 0.3) is 0 Å². The van der Waals surface area contributed by atoms with Gasteiger partial charge in [-0.15, -0.1) is 0 Å². The molecule has 7 heteroatoms. The first-order valence-corrected chi connectivity index (χ1v) is 10.1. The molecule has 2 amide bonds. The molecule has 3 aliphatic rings. The Morgan fingerprint density at radius 1 is 1.07 bits per heavy atom. The van der Waals surface area contributed by atoms with Crippen molar-refractivity contribution in [1.82, 2.24) is 15.1 Å². The second-order valence-electron chi connectivity index (χ2n) is 7.90. The molecular weight excluding hydrogens is 346 g/mol. The van der Waals surface area contributed by atoms with E-state index in [1.807, 2.05) is 0 Å². The molecule has 150 valence electrons. The van der Waals surface area contributed by atoms with E-state index in [0.29, 0.717) is 43.6 Å². The monoisotopic (exact) mass is 377 g/mol. The van der Waals surface area contributed by atoms with E-state index in [2.05, 4.69) is 10.2 Å². The number of rotatable bonds is 4. The Balaban J connectivity index is 1.61. The molecule has 0 radical (unpaired) electrons. The topological polar surface area (TPSA) is 78.9 Å². The summed E-state index contributed by atoms with van der Waals surface area (Å²) in [7, 11) is 0. The number of carbonyl (C=O) groups is 3. The third-order valence-corrected chi connectivity index (χ3v) is 6.08. The van der Waals surface area contributed by atoms with Crippen LogP contribution < -0.4 is 5.32 Å². The molecule has 1 N–H and O–H groups in total. The summed E-state index contributed by atoms with van der Waals surface area (Å²) in [4.78, 5) is 40.8. The van der Waals surface area contributed by atoms with Gasteiger partial charge in [-0.1, -0.05) is 12.8 Å². The number of amides is 2. The predicted molar refractivity (Wildman–Crippen MR) is 101 cm³/mol. The lowest BCUT2D eigenvalue weighted by molar-refractivity contribution is -0.152. The molecule has 7 nitrogen and oxygen atoms in total. The smallest absolute Gasteiger partial charge is 0.335 e. The average molecular weight is 377 g/mol. The molecular formula is C20H31N3O4. The Kier molecular flexibility index (Phi) is 6.19. The predicted octanol–water partition coefficient (Wildman–Crippen LogP) is 1.23. The van der Waals surface area contributed by atoms with Crippen LogP contribution in [-0.4, -0.2) is 72.5 Å². The van der Waals surface area contributed by atoms with E-state index in [0.717, 1.165) is 19.6 Å². The maximum Gasteiger partial charge on any atom is 0.335 e. The molecule has 0 unspecified atom stereocenters. The first kappa shape index (κ1) is 19.9. The number of carbonyl (C=O) groups excluding carboxylic acids is 3. The van der Waals surface area contributed by atoms with Gasteiger partial charge in [-0.25, -0.2) is 4.79 Å². The highest BCUT2D eigenvalue weighted by Gasteiger charge is 2.50. The van der Waals surface area contributed by atoms with Crippen LogP contribution >= 0.6 is 0 Å². The molecule has 0 saturated carbocycles. The van der Waals surface area contributed by atoms with Crippen LogP contribution in [0.1, 0.15) is 52.4 Å². The number of hydrogen-bond donors (Lipinski definition) is 1. The van der Waals surface area contributed by atoms with Crippen LogP contribution in [0.3, 0.4) is 0 Å². The molecule has 2 saturated heterocycles. The van der Waals surface area contributed by atoms with Gasteiger partial charge >= 0.3 is 5.97 Å². The quantitative estimate of drug-likeness (QED) is 0.746. The minimum atomic E-state index is -0.875. The van der Waals surface area contributed by atoms with Crippen molar-refractivity contribution in [2.24, 2.45) is 0 Å². The summed E-state index contributed by atoms with van der Waals surface area (Å²) in [5, 5.41) is 3.00. The van der Waals surface area contributed by atoms with Crippen molar-refractivity contribution in [2.45, 2.75) is 58.0 Å². The standard InChI is InChI=1S/C20H31N3O4/c1-15-17(18(25)21-9-14-22-10-5-3-4-6-11-22)20(27-19(15)26)7-12-23(13-8-20)16(2)24/h3-14H2,1-2H3,(H,21,25). The highest BCUT2D eigenvalue weighted by molar-refractivity contribution is 6.07. The van der Waals surface area contributed by atoms with E-state index in [-0.39, 0.29) is 11.8 Å². The molecule has 0 aliphatic carbocycles. The summed E-state index contributed by atoms with van der Waals surface area (Å²) >= 11 is 0. The summed E-state index contributed by atoms with van der Waals surface area (Å²) in [6, 6.07) is 0. The van der Waals surface area contributed by atoms with Crippen molar-refractivity contribution in [2.75, 3.05) is 39.3 Å². The summed E-state index contributed by atoms with van der Waals surface area (Å²) < 4.78 is 5.65. The van der Waals surface area contributed by atoms with Gasteiger partial charge in [0.25, 0.3) is 5.91 Å². The van der Waals surface area contributed by atoms with Gasteiger partial charge in [-0.05, 0) is 32.9 Å². The average Bonchev–Trinajstić information content (AvgIpc) is 2.81. The van der Waals surface area contributed by atoms with Gasteiger partial charge in [0, 0.05) is 51.5 Å². The van der Waals surface area contributed by atoms with Crippen molar-refractivity contribution >= 4 is 17.8 Å². The van der Waals surface area contributed by atoms with Crippen molar-refractivity contribution in [1.29, 1.82) is 0 Å². The number of nitrogens with zero attached hydrogens (tertiary/aromatic N) is 2. The van der Waals surface area contributed by atoms with Gasteiger partial charge < -0.3 is 19.9 Å². The molecule has 2 fully saturated rings. The van der Waals surface area contributed by atoms with Gasteiger partial charge in [0.05, 0.1) is 5.57 Å². The van der Waals surface area contributed by atoms with E-state index in [1.165, 1.54) is 32.6 Å². The van der Waals surface area contributed by atoms with Crippen LogP contribution in [-0.2, 0) is 19.1 Å². The lowest BCUT2D eigenvalue weighted by atomic mass is 9.82. The zero-order chi connectivity index (χ0) is 19.4. The zero-order valence-electron chi connectivity index (χ0n) is 16.5. The van der Waals surface area contributed by atoms with E-state index >= 15 is 0 Å².